The molecule has 0 amide bonds. The second-order valence-electron chi connectivity index (χ2n) is 7.01. The second-order valence-corrected chi connectivity index (χ2v) is 7.01. The minimum absolute atomic E-state index is 0. The molecule has 2 aliphatic rings. The third kappa shape index (κ3) is 4.69. The number of guanidine groups is 1. The van der Waals surface area contributed by atoms with Crippen LogP contribution in [0.3, 0.4) is 0 Å². The Labute approximate surface area is 166 Å². The number of ether oxygens (including phenoxy) is 2. The fourth-order valence-electron chi connectivity index (χ4n) is 3.04. The van der Waals surface area contributed by atoms with Gasteiger partial charge in [-0.3, -0.25) is 4.99 Å². The van der Waals surface area contributed by atoms with E-state index in [1.54, 1.807) is 0 Å². The average Bonchev–Trinajstić information content (AvgIpc) is 3.19. The van der Waals surface area contributed by atoms with Crippen LogP contribution in [0.5, 0.6) is 11.5 Å². The highest BCUT2D eigenvalue weighted by atomic mass is 127. The van der Waals surface area contributed by atoms with Crippen LogP contribution in [0.25, 0.3) is 0 Å². The minimum Gasteiger partial charge on any atom is -0.454 e. The summed E-state index contributed by atoms with van der Waals surface area (Å²) in [5.74, 6) is 2.49. The Hall–Kier alpha value is -1.22. The molecule has 1 atom stereocenters. The van der Waals surface area contributed by atoms with E-state index in [2.05, 4.69) is 37.1 Å². The first kappa shape index (κ1) is 20.1. The number of rotatable bonds is 4. The first-order valence-electron chi connectivity index (χ1n) is 8.61. The van der Waals surface area contributed by atoms with Gasteiger partial charge in [-0.1, -0.05) is 19.9 Å². The summed E-state index contributed by atoms with van der Waals surface area (Å²) in [7, 11) is 0. The number of aliphatic imine (C=N–C) groups is 1. The molecule has 1 fully saturated rings. The number of nitrogens with one attached hydrogen (secondary N) is 1. The second kappa shape index (κ2) is 8.44. The topological polar surface area (TPSA) is 66.3 Å². The van der Waals surface area contributed by atoms with Gasteiger partial charge in [0.25, 0.3) is 0 Å². The number of hydrogen-bond acceptors (Lipinski definition) is 4. The van der Waals surface area contributed by atoms with Crippen molar-refractivity contribution in [2.75, 3.05) is 33.0 Å². The summed E-state index contributed by atoms with van der Waals surface area (Å²) in [4.78, 5) is 6.95. The molecule has 0 saturated carbocycles. The van der Waals surface area contributed by atoms with Crippen molar-refractivity contribution in [1.29, 1.82) is 0 Å². The van der Waals surface area contributed by atoms with Crippen molar-refractivity contribution in [2.24, 2.45) is 4.99 Å². The minimum atomic E-state index is -0.254. The molecule has 1 saturated heterocycles. The molecule has 2 aliphatic heterocycles. The van der Waals surface area contributed by atoms with Gasteiger partial charge in [-0.05, 0) is 31.0 Å². The Morgan fingerprint density at radius 1 is 1.36 bits per heavy atom. The molecule has 1 aromatic rings. The van der Waals surface area contributed by atoms with Crippen molar-refractivity contribution in [2.45, 2.75) is 38.7 Å². The van der Waals surface area contributed by atoms with Gasteiger partial charge in [0.15, 0.2) is 17.5 Å². The summed E-state index contributed by atoms with van der Waals surface area (Å²) < 4.78 is 10.9. The number of nitrogens with zero attached hydrogens (tertiary/aromatic N) is 2. The molecule has 3 rings (SSSR count). The van der Waals surface area contributed by atoms with Crippen molar-refractivity contribution in [3.8, 4) is 11.5 Å². The van der Waals surface area contributed by atoms with E-state index < -0.39 is 0 Å². The Kier molecular flexibility index (Phi) is 6.79. The predicted molar refractivity (Wildman–Crippen MR) is 109 cm³/mol. The van der Waals surface area contributed by atoms with E-state index in [1.165, 1.54) is 5.56 Å². The average molecular weight is 461 g/mol. The maximum Gasteiger partial charge on any atom is 0.231 e. The lowest BCUT2D eigenvalue weighted by Crippen LogP contribution is -2.41. The number of aliphatic hydroxyl groups is 1. The van der Waals surface area contributed by atoms with Crippen LogP contribution >= 0.6 is 24.0 Å². The van der Waals surface area contributed by atoms with Gasteiger partial charge in [0.2, 0.25) is 6.79 Å². The normalized spacial score (nSPS) is 19.8. The molecule has 140 valence electrons. The zero-order valence-corrected chi connectivity index (χ0v) is 17.4. The molecule has 2 heterocycles. The molecule has 0 radical (unpaired) electrons. The monoisotopic (exact) mass is 461 g/mol. The van der Waals surface area contributed by atoms with E-state index in [9.17, 15) is 5.11 Å². The number of aliphatic hydroxyl groups excluding tert-OH is 1. The summed E-state index contributed by atoms with van der Waals surface area (Å²) in [6, 6.07) is 6.09. The molecule has 0 aromatic heterocycles. The maximum atomic E-state index is 9.76. The SMILES string of the molecule is CCNC(=NCC(C)(C)c1ccc2c(c1)OCO2)N1CC[C@@H](O)C1.I. The summed E-state index contributed by atoms with van der Waals surface area (Å²) in [6.07, 6.45) is 0.548. The Bertz CT molecular complexity index is 622. The van der Waals surface area contributed by atoms with Crippen LogP contribution in [0.2, 0.25) is 0 Å². The van der Waals surface area contributed by atoms with E-state index in [-0.39, 0.29) is 35.5 Å². The van der Waals surface area contributed by atoms with Crippen LogP contribution in [-0.4, -0.2) is 55.0 Å². The van der Waals surface area contributed by atoms with Crippen LogP contribution in [0.15, 0.2) is 23.2 Å². The molecule has 0 unspecified atom stereocenters. The van der Waals surface area contributed by atoms with Crippen molar-refractivity contribution >= 4 is 29.9 Å². The Morgan fingerprint density at radius 3 is 2.80 bits per heavy atom. The van der Waals surface area contributed by atoms with E-state index >= 15 is 0 Å². The lowest BCUT2D eigenvalue weighted by molar-refractivity contribution is 0.174. The number of β-amino-alcohol motifs (C(OH)–C–C–N with tert-alkyl or cyclic N) is 1. The number of benzene rings is 1. The van der Waals surface area contributed by atoms with Crippen LogP contribution in [0.4, 0.5) is 0 Å². The molecular formula is C18H28IN3O3. The largest absolute Gasteiger partial charge is 0.454 e. The zero-order chi connectivity index (χ0) is 17.2. The summed E-state index contributed by atoms with van der Waals surface area (Å²) in [5.41, 5.74) is 1.05. The number of likely N-dealkylation sites (tertiary alicyclic amines) is 1. The smallest absolute Gasteiger partial charge is 0.231 e. The molecule has 0 bridgehead atoms. The van der Waals surface area contributed by atoms with Gasteiger partial charge >= 0.3 is 0 Å². The van der Waals surface area contributed by atoms with Gasteiger partial charge in [0, 0.05) is 25.0 Å². The fourth-order valence-corrected chi connectivity index (χ4v) is 3.04. The standard InChI is InChI=1S/C18H27N3O3.HI/c1-4-19-17(21-8-7-14(22)10-21)20-11-18(2,3)13-5-6-15-16(9-13)24-12-23-15;/h5-6,9,14,22H,4,7-8,10-12H2,1-3H3,(H,19,20);1H/t14-;/m1./s1. The lowest BCUT2D eigenvalue weighted by atomic mass is 9.84. The fraction of sp³-hybridized carbons (Fsp3) is 0.611. The van der Waals surface area contributed by atoms with E-state index in [0.29, 0.717) is 19.9 Å². The van der Waals surface area contributed by atoms with Gasteiger partial charge < -0.3 is 24.8 Å². The Balaban J connectivity index is 0.00000225. The van der Waals surface area contributed by atoms with Gasteiger partial charge in [0.05, 0.1) is 12.6 Å². The first-order valence-corrected chi connectivity index (χ1v) is 8.61. The molecule has 7 heteroatoms. The van der Waals surface area contributed by atoms with Gasteiger partial charge in [-0.15, -0.1) is 24.0 Å². The van der Waals surface area contributed by atoms with E-state index in [1.807, 2.05) is 12.1 Å². The number of hydrogen-bond donors (Lipinski definition) is 2. The van der Waals surface area contributed by atoms with Crippen molar-refractivity contribution in [1.82, 2.24) is 10.2 Å². The van der Waals surface area contributed by atoms with Gasteiger partial charge in [0.1, 0.15) is 0 Å². The number of fused-ring (bicyclic) bond motifs is 1. The van der Waals surface area contributed by atoms with E-state index in [4.69, 9.17) is 14.5 Å². The number of halogens is 1. The van der Waals surface area contributed by atoms with Crippen molar-refractivity contribution in [3.05, 3.63) is 23.8 Å². The zero-order valence-electron chi connectivity index (χ0n) is 15.1. The molecule has 6 nitrogen and oxygen atoms in total. The van der Waals surface area contributed by atoms with Gasteiger partial charge in [-0.25, -0.2) is 0 Å². The highest BCUT2D eigenvalue weighted by molar-refractivity contribution is 14.0. The Morgan fingerprint density at radius 2 is 2.12 bits per heavy atom. The van der Waals surface area contributed by atoms with Gasteiger partial charge in [-0.2, -0.15) is 0 Å². The first-order chi connectivity index (χ1) is 11.5. The molecule has 25 heavy (non-hydrogen) atoms. The third-order valence-electron chi connectivity index (χ3n) is 4.58. The van der Waals surface area contributed by atoms with Crippen molar-refractivity contribution in [3.63, 3.8) is 0 Å². The molecule has 1 aromatic carbocycles. The third-order valence-corrected chi connectivity index (χ3v) is 4.58. The van der Waals surface area contributed by atoms with E-state index in [0.717, 1.165) is 37.0 Å². The summed E-state index contributed by atoms with van der Waals surface area (Å²) in [5, 5.41) is 13.1. The van der Waals surface area contributed by atoms with Crippen LogP contribution in [0, 0.1) is 0 Å². The summed E-state index contributed by atoms with van der Waals surface area (Å²) in [6.45, 7) is 9.67. The van der Waals surface area contributed by atoms with Crippen LogP contribution < -0.4 is 14.8 Å². The maximum absolute atomic E-state index is 9.76. The molecule has 0 aliphatic carbocycles. The summed E-state index contributed by atoms with van der Waals surface area (Å²) >= 11 is 0. The predicted octanol–water partition coefficient (Wildman–Crippen LogP) is 2.34. The highest BCUT2D eigenvalue weighted by Crippen LogP contribution is 2.36. The van der Waals surface area contributed by atoms with Crippen LogP contribution in [0.1, 0.15) is 32.8 Å². The highest BCUT2D eigenvalue weighted by Gasteiger charge is 2.26. The molecule has 2 N–H and O–H groups in total. The quantitative estimate of drug-likeness (QED) is 0.410. The van der Waals surface area contributed by atoms with Crippen LogP contribution in [-0.2, 0) is 5.41 Å². The van der Waals surface area contributed by atoms with Crippen molar-refractivity contribution < 1.29 is 14.6 Å². The lowest BCUT2D eigenvalue weighted by Gasteiger charge is -2.26. The molecule has 0 spiro atoms. The molecular weight excluding hydrogens is 433 g/mol.